The van der Waals surface area contributed by atoms with Gasteiger partial charge in [-0.3, -0.25) is 10.1 Å². The van der Waals surface area contributed by atoms with E-state index in [1.165, 1.54) is 6.07 Å². The van der Waals surface area contributed by atoms with Crippen molar-refractivity contribution in [3.63, 3.8) is 0 Å². The number of nitrogens with zero attached hydrogens (tertiary/aromatic N) is 1. The van der Waals surface area contributed by atoms with Gasteiger partial charge in [0.15, 0.2) is 0 Å². The topological polar surface area (TPSA) is 55.2 Å². The Morgan fingerprint density at radius 1 is 1.29 bits per heavy atom. The molecule has 0 amide bonds. The molecule has 7 heteroatoms. The summed E-state index contributed by atoms with van der Waals surface area (Å²) in [5.74, 6) is 0. The van der Waals surface area contributed by atoms with Gasteiger partial charge in [-0.25, -0.2) is 0 Å². The number of hydrogen-bond donors (Lipinski definition) is 1. The number of nitro benzene ring substituents is 1. The highest BCUT2D eigenvalue weighted by molar-refractivity contribution is 9.10. The van der Waals surface area contributed by atoms with E-state index < -0.39 is 0 Å². The highest BCUT2D eigenvalue weighted by Crippen LogP contribution is 2.30. The number of nitro groups is 1. The van der Waals surface area contributed by atoms with Crippen molar-refractivity contribution >= 4 is 54.8 Å². The summed E-state index contributed by atoms with van der Waals surface area (Å²) < 4.78 is 1.66. The first kappa shape index (κ1) is 16.3. The normalized spacial score (nSPS) is 10.5. The number of halogens is 3. The fourth-order valence-electron chi connectivity index (χ4n) is 1.85. The fraction of sp³-hybridized carbons (Fsp3) is 0.143. The molecule has 2 aromatic carbocycles. The van der Waals surface area contributed by atoms with E-state index in [-0.39, 0.29) is 10.6 Å². The summed E-state index contributed by atoms with van der Waals surface area (Å²) in [7, 11) is 0. The maximum atomic E-state index is 11.0. The fourth-order valence-corrected chi connectivity index (χ4v) is 3.02. The molecular formula is C14H11Br2ClN2O2. The molecule has 1 N–H and O–H groups in total. The predicted molar refractivity (Wildman–Crippen MR) is 92.0 cm³/mol. The molecule has 0 bridgehead atoms. The van der Waals surface area contributed by atoms with Crippen molar-refractivity contribution in [2.75, 3.05) is 5.32 Å². The largest absolute Gasteiger partial charge is 0.380 e. The minimum Gasteiger partial charge on any atom is -0.380 e. The van der Waals surface area contributed by atoms with Crippen LogP contribution in [-0.2, 0) is 6.54 Å². The van der Waals surface area contributed by atoms with E-state index in [1.807, 2.05) is 13.0 Å². The van der Waals surface area contributed by atoms with E-state index in [0.717, 1.165) is 20.2 Å². The zero-order valence-corrected chi connectivity index (χ0v) is 14.9. The lowest BCUT2D eigenvalue weighted by Gasteiger charge is -2.11. The van der Waals surface area contributed by atoms with Crippen molar-refractivity contribution in [3.05, 3.63) is 65.5 Å². The van der Waals surface area contributed by atoms with Gasteiger partial charge in [-0.2, -0.15) is 0 Å². The van der Waals surface area contributed by atoms with Gasteiger partial charge >= 0.3 is 0 Å². The number of hydrogen-bond acceptors (Lipinski definition) is 3. The first-order valence-corrected chi connectivity index (χ1v) is 7.97. The number of nitrogens with one attached hydrogen (secondary N) is 1. The lowest BCUT2D eigenvalue weighted by Crippen LogP contribution is -2.04. The third-order valence-electron chi connectivity index (χ3n) is 2.96. The molecule has 0 aromatic heterocycles. The molecule has 110 valence electrons. The van der Waals surface area contributed by atoms with Gasteiger partial charge in [-0.1, -0.05) is 27.5 Å². The van der Waals surface area contributed by atoms with E-state index in [1.54, 1.807) is 18.2 Å². The van der Waals surface area contributed by atoms with E-state index in [0.29, 0.717) is 17.1 Å². The summed E-state index contributed by atoms with van der Waals surface area (Å²) >= 11 is 12.9. The van der Waals surface area contributed by atoms with Gasteiger partial charge in [0.05, 0.1) is 10.6 Å². The molecular weight excluding hydrogens is 423 g/mol. The molecule has 0 aliphatic carbocycles. The number of rotatable bonds is 4. The van der Waals surface area contributed by atoms with Crippen molar-refractivity contribution in [3.8, 4) is 0 Å². The Kier molecular flexibility index (Phi) is 5.24. The lowest BCUT2D eigenvalue weighted by molar-refractivity contribution is -0.385. The molecule has 0 atom stereocenters. The Hall–Kier alpha value is -1.11. The third kappa shape index (κ3) is 3.96. The lowest BCUT2D eigenvalue weighted by atomic mass is 10.1. The Labute approximate surface area is 143 Å². The SMILES string of the molecule is Cc1cc(Br)c(NCc2cc(Br)ccc2[N+](=O)[O-])cc1Cl. The Morgan fingerprint density at radius 2 is 2.00 bits per heavy atom. The van der Waals surface area contributed by atoms with Gasteiger partial charge in [0, 0.05) is 32.1 Å². The molecule has 0 saturated heterocycles. The molecule has 0 aliphatic rings. The van der Waals surface area contributed by atoms with Crippen LogP contribution in [0.2, 0.25) is 5.02 Å². The van der Waals surface area contributed by atoms with Crippen LogP contribution in [0.25, 0.3) is 0 Å². The summed E-state index contributed by atoms with van der Waals surface area (Å²) in [6, 6.07) is 8.57. The summed E-state index contributed by atoms with van der Waals surface area (Å²) in [4.78, 5) is 10.7. The summed E-state index contributed by atoms with van der Waals surface area (Å²) in [6.45, 7) is 2.24. The molecule has 0 aliphatic heterocycles. The molecule has 2 aromatic rings. The second-order valence-electron chi connectivity index (χ2n) is 4.46. The quantitative estimate of drug-likeness (QED) is 0.497. The van der Waals surface area contributed by atoms with Crippen LogP contribution in [0.1, 0.15) is 11.1 Å². The van der Waals surface area contributed by atoms with Crippen LogP contribution in [0.3, 0.4) is 0 Å². The Morgan fingerprint density at radius 3 is 2.67 bits per heavy atom. The standard InChI is InChI=1S/C14H11Br2ClN2O2/c1-8-4-11(16)13(6-12(8)17)18-7-9-5-10(15)2-3-14(9)19(20)21/h2-6,18H,7H2,1H3. The van der Waals surface area contributed by atoms with Crippen molar-refractivity contribution in [2.24, 2.45) is 0 Å². The van der Waals surface area contributed by atoms with Crippen LogP contribution >= 0.6 is 43.5 Å². The highest BCUT2D eigenvalue weighted by atomic mass is 79.9. The molecule has 0 radical (unpaired) electrons. The minimum atomic E-state index is -0.388. The average Bonchev–Trinajstić information content (AvgIpc) is 2.41. The van der Waals surface area contributed by atoms with Gasteiger partial charge in [0.2, 0.25) is 0 Å². The van der Waals surface area contributed by atoms with E-state index in [2.05, 4.69) is 37.2 Å². The van der Waals surface area contributed by atoms with Crippen LogP contribution in [0.15, 0.2) is 39.3 Å². The van der Waals surface area contributed by atoms with E-state index in [4.69, 9.17) is 11.6 Å². The van der Waals surface area contributed by atoms with Gasteiger partial charge < -0.3 is 5.32 Å². The highest BCUT2D eigenvalue weighted by Gasteiger charge is 2.14. The maximum Gasteiger partial charge on any atom is 0.274 e. The summed E-state index contributed by atoms with van der Waals surface area (Å²) in [5.41, 5.74) is 2.43. The first-order valence-electron chi connectivity index (χ1n) is 6.01. The second kappa shape index (κ2) is 6.77. The monoisotopic (exact) mass is 432 g/mol. The van der Waals surface area contributed by atoms with Gasteiger partial charge in [-0.15, -0.1) is 0 Å². The molecule has 0 saturated carbocycles. The summed E-state index contributed by atoms with van der Waals surface area (Å²) in [5, 5.41) is 14.8. The van der Waals surface area contributed by atoms with Crippen molar-refractivity contribution in [1.29, 1.82) is 0 Å². The predicted octanol–water partition coefficient (Wildman–Crippen LogP) is 5.69. The molecule has 0 heterocycles. The van der Waals surface area contributed by atoms with Crippen LogP contribution in [0, 0.1) is 17.0 Å². The maximum absolute atomic E-state index is 11.0. The molecule has 0 spiro atoms. The first-order chi connectivity index (χ1) is 9.88. The zero-order chi connectivity index (χ0) is 15.6. The van der Waals surface area contributed by atoms with Crippen LogP contribution in [-0.4, -0.2) is 4.92 Å². The van der Waals surface area contributed by atoms with Gasteiger partial charge in [0.1, 0.15) is 0 Å². The van der Waals surface area contributed by atoms with E-state index >= 15 is 0 Å². The molecule has 0 unspecified atom stereocenters. The Bertz CT molecular complexity index is 708. The van der Waals surface area contributed by atoms with Crippen molar-refractivity contribution in [2.45, 2.75) is 13.5 Å². The van der Waals surface area contributed by atoms with Crippen LogP contribution < -0.4 is 5.32 Å². The van der Waals surface area contributed by atoms with Gasteiger partial charge in [0.25, 0.3) is 5.69 Å². The smallest absolute Gasteiger partial charge is 0.274 e. The molecule has 0 fully saturated rings. The van der Waals surface area contributed by atoms with Gasteiger partial charge in [-0.05, 0) is 52.7 Å². The third-order valence-corrected chi connectivity index (χ3v) is 4.51. The molecule has 2 rings (SSSR count). The zero-order valence-electron chi connectivity index (χ0n) is 11.0. The van der Waals surface area contributed by atoms with Crippen molar-refractivity contribution in [1.82, 2.24) is 0 Å². The van der Waals surface area contributed by atoms with Crippen LogP contribution in [0.5, 0.6) is 0 Å². The average molecular weight is 435 g/mol. The second-order valence-corrected chi connectivity index (χ2v) is 6.64. The molecule has 21 heavy (non-hydrogen) atoms. The minimum absolute atomic E-state index is 0.0834. The van der Waals surface area contributed by atoms with Crippen LogP contribution in [0.4, 0.5) is 11.4 Å². The molecule has 4 nitrogen and oxygen atoms in total. The number of benzene rings is 2. The number of anilines is 1. The number of aryl methyl sites for hydroxylation is 1. The Balaban J connectivity index is 2.26. The summed E-state index contributed by atoms with van der Waals surface area (Å²) in [6.07, 6.45) is 0. The van der Waals surface area contributed by atoms with Crippen molar-refractivity contribution < 1.29 is 4.92 Å². The van der Waals surface area contributed by atoms with E-state index in [9.17, 15) is 10.1 Å².